The summed E-state index contributed by atoms with van der Waals surface area (Å²) in [7, 11) is 0. The molecule has 2 N–H and O–H groups in total. The number of nitrogens with zero attached hydrogens (tertiary/aromatic N) is 2. The zero-order valence-electron chi connectivity index (χ0n) is 12.2. The van der Waals surface area contributed by atoms with Gasteiger partial charge in [-0.05, 0) is 31.2 Å². The second-order valence-electron chi connectivity index (χ2n) is 4.79. The SMILES string of the molecule is Cc1csc(NC(=O)Cc2csc(Nc3ccc(F)cc3)n2)n1. The molecule has 1 aromatic carbocycles. The summed E-state index contributed by atoms with van der Waals surface area (Å²) in [6.07, 6.45) is 0.181. The first-order valence-corrected chi connectivity index (χ1v) is 8.53. The molecule has 0 radical (unpaired) electrons. The predicted octanol–water partition coefficient (Wildman–Crippen LogP) is 3.97. The van der Waals surface area contributed by atoms with Crippen molar-refractivity contribution in [1.29, 1.82) is 0 Å². The van der Waals surface area contributed by atoms with Crippen LogP contribution in [-0.2, 0) is 11.2 Å². The fourth-order valence-electron chi connectivity index (χ4n) is 1.84. The molecule has 2 aromatic heterocycles. The third kappa shape index (κ3) is 4.33. The molecule has 2 heterocycles. The van der Waals surface area contributed by atoms with Gasteiger partial charge < -0.3 is 10.6 Å². The maximum atomic E-state index is 12.9. The van der Waals surface area contributed by atoms with Crippen molar-refractivity contribution in [3.63, 3.8) is 0 Å². The number of hydrogen-bond acceptors (Lipinski definition) is 6. The molecular weight excluding hydrogens is 335 g/mol. The van der Waals surface area contributed by atoms with E-state index in [1.54, 1.807) is 12.1 Å². The Morgan fingerprint density at radius 1 is 1.13 bits per heavy atom. The number of amides is 1. The fraction of sp³-hybridized carbons (Fsp3) is 0.133. The number of hydrogen-bond donors (Lipinski definition) is 2. The van der Waals surface area contributed by atoms with Crippen LogP contribution in [0, 0.1) is 12.7 Å². The van der Waals surface area contributed by atoms with Gasteiger partial charge >= 0.3 is 0 Å². The van der Waals surface area contributed by atoms with Gasteiger partial charge in [-0.2, -0.15) is 0 Å². The predicted molar refractivity (Wildman–Crippen MR) is 91.0 cm³/mol. The summed E-state index contributed by atoms with van der Waals surface area (Å²) < 4.78 is 12.9. The Morgan fingerprint density at radius 2 is 1.87 bits per heavy atom. The van der Waals surface area contributed by atoms with Crippen molar-refractivity contribution in [2.24, 2.45) is 0 Å². The average Bonchev–Trinajstić information content (AvgIpc) is 3.11. The number of aromatic nitrogens is 2. The Morgan fingerprint density at radius 3 is 2.57 bits per heavy atom. The smallest absolute Gasteiger partial charge is 0.232 e. The number of carbonyl (C=O) groups is 1. The minimum Gasteiger partial charge on any atom is -0.332 e. The highest BCUT2D eigenvalue weighted by Gasteiger charge is 2.10. The maximum Gasteiger partial charge on any atom is 0.232 e. The summed E-state index contributed by atoms with van der Waals surface area (Å²) in [5.41, 5.74) is 2.30. The summed E-state index contributed by atoms with van der Waals surface area (Å²) >= 11 is 2.78. The molecule has 8 heteroatoms. The minimum absolute atomic E-state index is 0.155. The van der Waals surface area contributed by atoms with Gasteiger partial charge in [0.25, 0.3) is 0 Å². The van der Waals surface area contributed by atoms with Crippen LogP contribution < -0.4 is 10.6 Å². The van der Waals surface area contributed by atoms with Crippen LogP contribution in [0.5, 0.6) is 0 Å². The summed E-state index contributed by atoms with van der Waals surface area (Å²) in [5.74, 6) is -0.442. The van der Waals surface area contributed by atoms with E-state index in [2.05, 4.69) is 20.6 Å². The van der Waals surface area contributed by atoms with Gasteiger partial charge in [-0.1, -0.05) is 0 Å². The lowest BCUT2D eigenvalue weighted by molar-refractivity contribution is -0.115. The average molecular weight is 348 g/mol. The second-order valence-corrected chi connectivity index (χ2v) is 6.51. The molecule has 0 aliphatic rings. The third-order valence-electron chi connectivity index (χ3n) is 2.85. The first kappa shape index (κ1) is 15.6. The van der Waals surface area contributed by atoms with Crippen molar-refractivity contribution in [1.82, 2.24) is 9.97 Å². The van der Waals surface area contributed by atoms with Gasteiger partial charge in [0.05, 0.1) is 17.8 Å². The molecule has 1 amide bonds. The summed E-state index contributed by atoms with van der Waals surface area (Å²) in [5, 5.41) is 10.8. The molecule has 0 atom stereocenters. The van der Waals surface area contributed by atoms with Gasteiger partial charge in [0.2, 0.25) is 5.91 Å². The number of anilines is 3. The molecule has 0 spiro atoms. The lowest BCUT2D eigenvalue weighted by Crippen LogP contribution is -2.14. The number of carbonyl (C=O) groups excluding carboxylic acids is 1. The molecule has 3 aromatic rings. The van der Waals surface area contributed by atoms with Crippen molar-refractivity contribution in [2.45, 2.75) is 13.3 Å². The van der Waals surface area contributed by atoms with E-state index in [0.717, 1.165) is 11.4 Å². The van der Waals surface area contributed by atoms with Crippen LogP contribution >= 0.6 is 22.7 Å². The van der Waals surface area contributed by atoms with E-state index in [1.807, 2.05) is 17.7 Å². The molecule has 0 aliphatic carbocycles. The zero-order valence-corrected chi connectivity index (χ0v) is 13.8. The second kappa shape index (κ2) is 6.84. The number of thiazole rings is 2. The molecule has 0 saturated heterocycles. The normalized spacial score (nSPS) is 10.5. The summed E-state index contributed by atoms with van der Waals surface area (Å²) in [6, 6.07) is 6.02. The fourth-order valence-corrected chi connectivity index (χ4v) is 3.28. The minimum atomic E-state index is -0.288. The molecule has 23 heavy (non-hydrogen) atoms. The summed E-state index contributed by atoms with van der Waals surface area (Å²) in [6.45, 7) is 1.87. The zero-order chi connectivity index (χ0) is 16.2. The highest BCUT2D eigenvalue weighted by molar-refractivity contribution is 7.14. The molecule has 0 unspecified atom stereocenters. The highest BCUT2D eigenvalue weighted by Crippen LogP contribution is 2.22. The Bertz CT molecular complexity index is 813. The molecule has 0 saturated carbocycles. The first-order valence-electron chi connectivity index (χ1n) is 6.77. The van der Waals surface area contributed by atoms with E-state index < -0.39 is 0 Å². The molecule has 3 rings (SSSR count). The Labute approximate surface area is 140 Å². The van der Waals surface area contributed by atoms with Crippen molar-refractivity contribution in [2.75, 3.05) is 10.6 Å². The van der Waals surface area contributed by atoms with Gasteiger partial charge in [0, 0.05) is 16.4 Å². The Balaban J connectivity index is 1.58. The van der Waals surface area contributed by atoms with Crippen LogP contribution in [0.4, 0.5) is 20.3 Å². The van der Waals surface area contributed by atoms with Crippen LogP contribution in [0.3, 0.4) is 0 Å². The van der Waals surface area contributed by atoms with Crippen LogP contribution in [0.15, 0.2) is 35.0 Å². The molecular formula is C15H13FN4OS2. The van der Waals surface area contributed by atoms with E-state index in [1.165, 1.54) is 34.8 Å². The van der Waals surface area contributed by atoms with E-state index in [9.17, 15) is 9.18 Å². The van der Waals surface area contributed by atoms with Crippen LogP contribution in [-0.4, -0.2) is 15.9 Å². The van der Waals surface area contributed by atoms with Gasteiger partial charge in [-0.3, -0.25) is 4.79 Å². The quantitative estimate of drug-likeness (QED) is 0.732. The number of rotatable bonds is 5. The van der Waals surface area contributed by atoms with Crippen LogP contribution in [0.2, 0.25) is 0 Å². The first-order chi connectivity index (χ1) is 11.1. The summed E-state index contributed by atoms with van der Waals surface area (Å²) in [4.78, 5) is 20.5. The standard InChI is InChI=1S/C15H13FN4OS2/c1-9-7-22-14(17-9)20-13(21)6-12-8-23-15(19-12)18-11-4-2-10(16)3-5-11/h2-5,7-8H,6H2,1H3,(H,18,19)(H,17,20,21). The molecule has 5 nitrogen and oxygen atoms in total. The number of nitrogens with one attached hydrogen (secondary N) is 2. The number of halogens is 1. The van der Waals surface area contributed by atoms with Crippen molar-refractivity contribution < 1.29 is 9.18 Å². The van der Waals surface area contributed by atoms with E-state index in [4.69, 9.17) is 0 Å². The lowest BCUT2D eigenvalue weighted by atomic mass is 10.3. The van der Waals surface area contributed by atoms with Crippen molar-refractivity contribution >= 4 is 44.5 Å². The van der Waals surface area contributed by atoms with Gasteiger partial charge in [-0.15, -0.1) is 22.7 Å². The number of aryl methyl sites for hydroxylation is 1. The molecule has 0 fully saturated rings. The van der Waals surface area contributed by atoms with E-state index >= 15 is 0 Å². The topological polar surface area (TPSA) is 66.9 Å². The van der Waals surface area contributed by atoms with Crippen LogP contribution in [0.1, 0.15) is 11.4 Å². The van der Waals surface area contributed by atoms with Gasteiger partial charge in [0.15, 0.2) is 10.3 Å². The van der Waals surface area contributed by atoms with Crippen molar-refractivity contribution in [3.8, 4) is 0 Å². The van der Waals surface area contributed by atoms with Gasteiger partial charge in [-0.25, -0.2) is 14.4 Å². The third-order valence-corrected chi connectivity index (χ3v) is 4.54. The van der Waals surface area contributed by atoms with E-state index in [0.29, 0.717) is 16.0 Å². The highest BCUT2D eigenvalue weighted by atomic mass is 32.1. The van der Waals surface area contributed by atoms with Crippen molar-refractivity contribution in [3.05, 3.63) is 52.2 Å². The lowest BCUT2D eigenvalue weighted by Gasteiger charge is -2.01. The maximum absolute atomic E-state index is 12.9. The van der Waals surface area contributed by atoms with Gasteiger partial charge in [0.1, 0.15) is 5.82 Å². The van der Waals surface area contributed by atoms with E-state index in [-0.39, 0.29) is 18.1 Å². The van der Waals surface area contributed by atoms with Crippen LogP contribution in [0.25, 0.3) is 0 Å². The Hall–Kier alpha value is -2.32. The number of benzene rings is 1. The largest absolute Gasteiger partial charge is 0.332 e. The Kier molecular flexibility index (Phi) is 4.63. The molecule has 0 aliphatic heterocycles. The molecule has 0 bridgehead atoms. The molecule has 118 valence electrons. The monoisotopic (exact) mass is 348 g/mol.